The Morgan fingerprint density at radius 1 is 1.14 bits per heavy atom. The van der Waals surface area contributed by atoms with Gasteiger partial charge in [0, 0.05) is 12.2 Å². The fraction of sp³-hybridized carbons (Fsp3) is 0.389. The van der Waals surface area contributed by atoms with Crippen molar-refractivity contribution in [2.75, 3.05) is 25.6 Å². The zero-order chi connectivity index (χ0) is 21.2. The van der Waals surface area contributed by atoms with Gasteiger partial charge in [0.25, 0.3) is 0 Å². The first-order valence-corrected chi connectivity index (χ1v) is 8.89. The van der Waals surface area contributed by atoms with Gasteiger partial charge in [0.15, 0.2) is 17.7 Å². The highest BCUT2D eigenvalue weighted by Crippen LogP contribution is 2.22. The van der Waals surface area contributed by atoms with Gasteiger partial charge < -0.3 is 25.1 Å². The number of imidazole rings is 1. The van der Waals surface area contributed by atoms with Crippen LogP contribution in [0.4, 0.5) is 5.82 Å². The van der Waals surface area contributed by atoms with E-state index in [0.29, 0.717) is 11.2 Å². The van der Waals surface area contributed by atoms with Crippen LogP contribution in [-0.4, -0.2) is 62.5 Å². The summed E-state index contributed by atoms with van der Waals surface area (Å²) in [5.41, 5.74) is 6.52. The SMILES string of the molecule is CCOC(=O)/C=C/C(CO)OC(/C=C/C(=O)OCC)n1cnc2c(N)ncnc21. The second-order valence-electron chi connectivity index (χ2n) is 5.55. The molecule has 0 fully saturated rings. The number of fused-ring (bicyclic) bond motifs is 1. The maximum absolute atomic E-state index is 11.7. The van der Waals surface area contributed by atoms with E-state index in [0.717, 1.165) is 6.08 Å². The minimum atomic E-state index is -0.914. The number of carbonyl (C=O) groups is 2. The average Bonchev–Trinajstić information content (AvgIpc) is 3.13. The van der Waals surface area contributed by atoms with E-state index in [4.69, 9.17) is 19.9 Å². The van der Waals surface area contributed by atoms with Crippen molar-refractivity contribution in [2.45, 2.75) is 26.2 Å². The first kappa shape index (κ1) is 22.0. The van der Waals surface area contributed by atoms with Crippen LogP contribution in [0.3, 0.4) is 0 Å². The Morgan fingerprint density at radius 3 is 2.41 bits per heavy atom. The number of rotatable bonds is 10. The number of carbonyl (C=O) groups excluding carboxylic acids is 2. The van der Waals surface area contributed by atoms with Crippen molar-refractivity contribution in [2.24, 2.45) is 0 Å². The number of aromatic nitrogens is 4. The minimum absolute atomic E-state index is 0.183. The molecule has 0 aliphatic heterocycles. The molecule has 3 N–H and O–H groups in total. The summed E-state index contributed by atoms with van der Waals surface area (Å²) in [7, 11) is 0. The highest BCUT2D eigenvalue weighted by Gasteiger charge is 2.19. The van der Waals surface area contributed by atoms with Gasteiger partial charge in [-0.05, 0) is 26.0 Å². The number of aliphatic hydroxyl groups is 1. The van der Waals surface area contributed by atoms with E-state index < -0.39 is 30.9 Å². The molecule has 0 saturated heterocycles. The Morgan fingerprint density at radius 2 is 1.79 bits per heavy atom. The number of ether oxygens (including phenoxy) is 3. The molecule has 0 aliphatic carbocycles. The van der Waals surface area contributed by atoms with Gasteiger partial charge in [-0.2, -0.15) is 0 Å². The van der Waals surface area contributed by atoms with Gasteiger partial charge in [-0.15, -0.1) is 0 Å². The first-order chi connectivity index (χ1) is 14.0. The molecule has 29 heavy (non-hydrogen) atoms. The Bertz CT molecular complexity index is 894. The topological polar surface area (TPSA) is 152 Å². The Hall–Kier alpha value is -3.31. The van der Waals surface area contributed by atoms with Crippen LogP contribution in [-0.2, 0) is 23.8 Å². The molecule has 2 aromatic rings. The quantitative estimate of drug-likeness (QED) is 0.423. The second-order valence-corrected chi connectivity index (χ2v) is 5.55. The number of anilines is 1. The largest absolute Gasteiger partial charge is 0.463 e. The predicted molar refractivity (Wildman–Crippen MR) is 102 cm³/mol. The molecule has 156 valence electrons. The maximum Gasteiger partial charge on any atom is 0.330 e. The van der Waals surface area contributed by atoms with Gasteiger partial charge >= 0.3 is 11.9 Å². The van der Waals surface area contributed by atoms with Crippen molar-refractivity contribution in [3.63, 3.8) is 0 Å². The number of aliphatic hydroxyl groups excluding tert-OH is 1. The van der Waals surface area contributed by atoms with Crippen molar-refractivity contribution in [3.05, 3.63) is 37.0 Å². The summed E-state index contributed by atoms with van der Waals surface area (Å²) < 4.78 is 17.0. The van der Waals surface area contributed by atoms with E-state index in [2.05, 4.69) is 15.0 Å². The lowest BCUT2D eigenvalue weighted by Gasteiger charge is -2.20. The van der Waals surface area contributed by atoms with Crippen molar-refractivity contribution in [1.29, 1.82) is 0 Å². The van der Waals surface area contributed by atoms with E-state index >= 15 is 0 Å². The van der Waals surface area contributed by atoms with Gasteiger partial charge in [0.05, 0.1) is 26.1 Å². The minimum Gasteiger partial charge on any atom is -0.463 e. The maximum atomic E-state index is 11.7. The summed E-state index contributed by atoms with van der Waals surface area (Å²) >= 11 is 0. The zero-order valence-corrected chi connectivity index (χ0v) is 16.1. The predicted octanol–water partition coefficient (Wildman–Crippen LogP) is 0.523. The van der Waals surface area contributed by atoms with Gasteiger partial charge in [-0.3, -0.25) is 4.57 Å². The van der Waals surface area contributed by atoms with Gasteiger partial charge in [0.2, 0.25) is 0 Å². The highest BCUT2D eigenvalue weighted by atomic mass is 16.5. The van der Waals surface area contributed by atoms with Crippen LogP contribution < -0.4 is 5.73 Å². The molecule has 2 aromatic heterocycles. The smallest absolute Gasteiger partial charge is 0.330 e. The van der Waals surface area contributed by atoms with Crippen molar-refractivity contribution in [3.8, 4) is 0 Å². The standard InChI is InChI=1S/C18H23N5O6/c1-3-27-14(25)7-5-12(9-24)29-13(6-8-15(26)28-4-2)23-11-22-16-17(19)20-10-21-18(16)23/h5-8,10-13,24H,3-4,9H2,1-2H3,(H2,19,20,21)/b7-5+,8-6+. The molecule has 2 atom stereocenters. The highest BCUT2D eigenvalue weighted by molar-refractivity contribution is 5.83. The van der Waals surface area contributed by atoms with E-state index in [9.17, 15) is 14.7 Å². The monoisotopic (exact) mass is 405 g/mol. The molecule has 2 heterocycles. The van der Waals surface area contributed by atoms with Crippen LogP contribution in [0.2, 0.25) is 0 Å². The summed E-state index contributed by atoms with van der Waals surface area (Å²) in [6.07, 6.45) is 6.00. The van der Waals surface area contributed by atoms with E-state index in [-0.39, 0.29) is 19.0 Å². The molecule has 0 saturated carbocycles. The lowest BCUT2D eigenvalue weighted by molar-refractivity contribution is -0.138. The third kappa shape index (κ3) is 6.09. The number of nitrogens with zero attached hydrogens (tertiary/aromatic N) is 4. The fourth-order valence-corrected chi connectivity index (χ4v) is 2.32. The van der Waals surface area contributed by atoms with Crippen molar-refractivity contribution < 1.29 is 28.9 Å². The Labute approximate surface area is 166 Å². The first-order valence-electron chi connectivity index (χ1n) is 8.89. The van der Waals surface area contributed by atoms with Crippen LogP contribution in [0, 0.1) is 0 Å². The molecule has 0 aromatic carbocycles. The summed E-state index contributed by atoms with van der Waals surface area (Å²) in [4.78, 5) is 35.4. The molecule has 11 nitrogen and oxygen atoms in total. The van der Waals surface area contributed by atoms with Crippen molar-refractivity contribution >= 4 is 28.9 Å². The van der Waals surface area contributed by atoms with Crippen molar-refractivity contribution in [1.82, 2.24) is 19.5 Å². The molecule has 0 radical (unpaired) electrons. The third-order valence-electron chi connectivity index (χ3n) is 3.57. The number of nitrogens with two attached hydrogens (primary N) is 1. The van der Waals surface area contributed by atoms with E-state index in [1.165, 1.54) is 35.4 Å². The number of esters is 2. The zero-order valence-electron chi connectivity index (χ0n) is 16.1. The van der Waals surface area contributed by atoms with Crippen LogP contribution in [0.25, 0.3) is 11.2 Å². The number of hydrogen-bond acceptors (Lipinski definition) is 10. The van der Waals surface area contributed by atoms with E-state index in [1.807, 2.05) is 0 Å². The van der Waals surface area contributed by atoms with Gasteiger partial charge in [-0.25, -0.2) is 24.5 Å². The fourth-order valence-electron chi connectivity index (χ4n) is 2.32. The molecule has 2 unspecified atom stereocenters. The van der Waals surface area contributed by atoms with Crippen LogP contribution >= 0.6 is 0 Å². The summed E-state index contributed by atoms with van der Waals surface area (Å²) in [5, 5.41) is 9.62. The molecule has 0 amide bonds. The molecule has 0 aliphatic rings. The second kappa shape index (κ2) is 10.9. The molecular formula is C18H23N5O6. The molecular weight excluding hydrogens is 382 g/mol. The molecule has 11 heteroatoms. The lowest BCUT2D eigenvalue weighted by Crippen LogP contribution is -2.22. The Kier molecular flexibility index (Phi) is 8.25. The van der Waals surface area contributed by atoms with Gasteiger partial charge in [0.1, 0.15) is 17.9 Å². The van der Waals surface area contributed by atoms with E-state index in [1.54, 1.807) is 13.8 Å². The summed E-state index contributed by atoms with van der Waals surface area (Å²) in [6.45, 7) is 3.38. The average molecular weight is 405 g/mol. The summed E-state index contributed by atoms with van der Waals surface area (Å²) in [5.74, 6) is -0.952. The summed E-state index contributed by atoms with van der Waals surface area (Å²) in [6, 6.07) is 0. The van der Waals surface area contributed by atoms with Crippen LogP contribution in [0.15, 0.2) is 37.0 Å². The number of nitrogen functional groups attached to an aromatic ring is 1. The van der Waals surface area contributed by atoms with Crippen LogP contribution in [0.1, 0.15) is 20.1 Å². The lowest BCUT2D eigenvalue weighted by atomic mass is 10.3. The normalized spacial score (nSPS) is 13.8. The Balaban J connectivity index is 2.32. The van der Waals surface area contributed by atoms with Crippen LogP contribution in [0.5, 0.6) is 0 Å². The third-order valence-corrected chi connectivity index (χ3v) is 3.57. The molecule has 2 rings (SSSR count). The van der Waals surface area contributed by atoms with Gasteiger partial charge in [-0.1, -0.05) is 0 Å². The number of hydrogen-bond donors (Lipinski definition) is 2. The molecule has 0 spiro atoms. The molecule has 0 bridgehead atoms.